The molecule has 0 aliphatic rings. The third kappa shape index (κ3) is 5.88. The lowest BCUT2D eigenvalue weighted by molar-refractivity contribution is -0.402. The molecule has 0 spiro atoms. The van der Waals surface area contributed by atoms with E-state index in [1.165, 1.54) is 11.3 Å². The molecule has 0 saturated heterocycles. The number of carbonyl (C=O) groups is 3. The van der Waals surface area contributed by atoms with Crippen LogP contribution >= 0.6 is 11.3 Å². The highest BCUT2D eigenvalue weighted by Crippen LogP contribution is 2.31. The molecule has 1 N–H and O–H groups in total. The van der Waals surface area contributed by atoms with Crippen LogP contribution in [-0.4, -0.2) is 36.0 Å². The molecule has 0 aliphatic carbocycles. The van der Waals surface area contributed by atoms with Crippen LogP contribution in [0.4, 0.5) is 10.9 Å². The molecule has 2 heterocycles. The van der Waals surface area contributed by atoms with Crippen LogP contribution in [0.25, 0.3) is 0 Å². The molecule has 0 bridgehead atoms. The number of esters is 2. The van der Waals surface area contributed by atoms with Gasteiger partial charge in [-0.3, -0.25) is 14.9 Å². The number of furan rings is 1. The standard InChI is InChI=1S/C18H20N2O8S/c1-4-26-18(23)15-11(7-10(2)3)9-29-16(15)19-13(21)8-27-17(22)12-5-6-14(28-12)20(24)25/h5-6,9-10H,4,7-8H2,1-3H3,(H,19,21). The fourth-order valence-corrected chi connectivity index (χ4v) is 3.38. The van der Waals surface area contributed by atoms with E-state index in [0.29, 0.717) is 17.3 Å². The molecule has 2 rings (SSSR count). The van der Waals surface area contributed by atoms with Crippen LogP contribution in [0.5, 0.6) is 0 Å². The number of rotatable bonds is 9. The van der Waals surface area contributed by atoms with Crippen molar-refractivity contribution in [1.82, 2.24) is 0 Å². The van der Waals surface area contributed by atoms with E-state index in [1.54, 1.807) is 12.3 Å². The lowest BCUT2D eigenvalue weighted by Gasteiger charge is -2.10. The Morgan fingerprint density at radius 1 is 1.24 bits per heavy atom. The fraction of sp³-hybridized carbons (Fsp3) is 0.389. The van der Waals surface area contributed by atoms with Crippen molar-refractivity contribution >= 4 is 40.1 Å². The molecule has 29 heavy (non-hydrogen) atoms. The van der Waals surface area contributed by atoms with Gasteiger partial charge >= 0.3 is 17.8 Å². The summed E-state index contributed by atoms with van der Waals surface area (Å²) in [6.45, 7) is 5.22. The van der Waals surface area contributed by atoms with E-state index < -0.39 is 41.0 Å². The maximum Gasteiger partial charge on any atom is 0.433 e. The number of nitrogens with one attached hydrogen (secondary N) is 1. The SMILES string of the molecule is CCOC(=O)c1c(CC(C)C)csc1NC(=O)COC(=O)c1ccc([N+](=O)[O-])o1. The summed E-state index contributed by atoms with van der Waals surface area (Å²) in [5, 5.41) is 15.2. The van der Waals surface area contributed by atoms with Crippen LogP contribution in [0.2, 0.25) is 0 Å². The summed E-state index contributed by atoms with van der Waals surface area (Å²) in [5.41, 5.74) is 1.05. The number of hydrogen-bond acceptors (Lipinski definition) is 9. The predicted octanol–water partition coefficient (Wildman–Crippen LogP) is 3.42. The van der Waals surface area contributed by atoms with Gasteiger partial charge in [0.15, 0.2) is 6.61 Å². The van der Waals surface area contributed by atoms with E-state index in [-0.39, 0.29) is 12.2 Å². The largest absolute Gasteiger partial charge is 0.462 e. The molecule has 0 radical (unpaired) electrons. The summed E-state index contributed by atoms with van der Waals surface area (Å²) in [5.74, 6) is -2.96. The minimum atomic E-state index is -1.02. The molecular formula is C18H20N2O8S. The normalized spacial score (nSPS) is 10.6. The van der Waals surface area contributed by atoms with Gasteiger partial charge in [0.05, 0.1) is 18.2 Å². The number of anilines is 1. The summed E-state index contributed by atoms with van der Waals surface area (Å²) in [7, 11) is 0. The first-order valence-corrected chi connectivity index (χ1v) is 9.59. The van der Waals surface area contributed by atoms with Crippen molar-refractivity contribution in [2.75, 3.05) is 18.5 Å². The van der Waals surface area contributed by atoms with Gasteiger partial charge in [0.2, 0.25) is 5.76 Å². The summed E-state index contributed by atoms with van der Waals surface area (Å²) in [6, 6.07) is 2.08. The predicted molar refractivity (Wildman–Crippen MR) is 103 cm³/mol. The van der Waals surface area contributed by atoms with Crippen molar-refractivity contribution in [2.24, 2.45) is 5.92 Å². The minimum absolute atomic E-state index is 0.191. The van der Waals surface area contributed by atoms with Gasteiger partial charge in [-0.1, -0.05) is 13.8 Å². The van der Waals surface area contributed by atoms with Crippen molar-refractivity contribution < 1.29 is 33.2 Å². The highest BCUT2D eigenvalue weighted by atomic mass is 32.1. The van der Waals surface area contributed by atoms with E-state index in [2.05, 4.69) is 5.32 Å². The molecular weight excluding hydrogens is 404 g/mol. The van der Waals surface area contributed by atoms with E-state index in [9.17, 15) is 24.5 Å². The van der Waals surface area contributed by atoms with Gasteiger partial charge < -0.3 is 19.2 Å². The van der Waals surface area contributed by atoms with Crippen LogP contribution in [-0.2, 0) is 20.7 Å². The van der Waals surface area contributed by atoms with Gasteiger partial charge in [0, 0.05) is 0 Å². The van der Waals surface area contributed by atoms with Crippen LogP contribution < -0.4 is 5.32 Å². The monoisotopic (exact) mass is 424 g/mol. The maximum atomic E-state index is 12.3. The molecule has 156 valence electrons. The number of thiophene rings is 1. The smallest absolute Gasteiger partial charge is 0.433 e. The average molecular weight is 424 g/mol. The Hall–Kier alpha value is -3.21. The first-order valence-electron chi connectivity index (χ1n) is 8.71. The van der Waals surface area contributed by atoms with Gasteiger partial charge in [-0.05, 0) is 36.3 Å². The Morgan fingerprint density at radius 3 is 2.55 bits per heavy atom. The van der Waals surface area contributed by atoms with E-state index in [0.717, 1.165) is 17.7 Å². The van der Waals surface area contributed by atoms with Crippen molar-refractivity contribution in [1.29, 1.82) is 0 Å². The topological polar surface area (TPSA) is 138 Å². The number of amides is 1. The van der Waals surface area contributed by atoms with Crippen molar-refractivity contribution in [3.8, 4) is 0 Å². The maximum absolute atomic E-state index is 12.3. The van der Waals surface area contributed by atoms with E-state index >= 15 is 0 Å². The van der Waals surface area contributed by atoms with E-state index in [4.69, 9.17) is 13.9 Å². The number of nitrogens with zero attached hydrogens (tertiary/aromatic N) is 1. The summed E-state index contributed by atoms with van der Waals surface area (Å²) in [4.78, 5) is 46.1. The quantitative estimate of drug-likeness (QED) is 0.367. The molecule has 0 unspecified atom stereocenters. The molecule has 11 heteroatoms. The summed E-state index contributed by atoms with van der Waals surface area (Å²) in [6.07, 6.45) is 0.632. The average Bonchev–Trinajstić information content (AvgIpc) is 3.27. The van der Waals surface area contributed by atoms with Gasteiger partial charge in [-0.25, -0.2) is 9.59 Å². The van der Waals surface area contributed by atoms with Gasteiger partial charge in [0.1, 0.15) is 9.92 Å². The summed E-state index contributed by atoms with van der Waals surface area (Å²) < 4.78 is 14.6. The van der Waals surface area contributed by atoms with Gasteiger partial charge in [-0.15, -0.1) is 11.3 Å². The molecule has 10 nitrogen and oxygen atoms in total. The second kappa shape index (κ2) is 9.82. The zero-order chi connectivity index (χ0) is 21.6. The number of carbonyl (C=O) groups excluding carboxylic acids is 3. The molecule has 0 atom stereocenters. The van der Waals surface area contributed by atoms with E-state index in [1.807, 2.05) is 13.8 Å². The molecule has 0 fully saturated rings. The second-order valence-electron chi connectivity index (χ2n) is 6.30. The molecule has 0 aromatic carbocycles. The molecule has 0 aliphatic heterocycles. The van der Waals surface area contributed by atoms with Crippen LogP contribution in [0.3, 0.4) is 0 Å². The highest BCUT2D eigenvalue weighted by molar-refractivity contribution is 7.15. The zero-order valence-electron chi connectivity index (χ0n) is 16.1. The molecule has 2 aromatic heterocycles. The number of hydrogen-bond donors (Lipinski definition) is 1. The Kier molecular flexibility index (Phi) is 7.48. The zero-order valence-corrected chi connectivity index (χ0v) is 16.9. The fourth-order valence-electron chi connectivity index (χ4n) is 2.40. The Bertz CT molecular complexity index is 915. The molecule has 0 saturated carbocycles. The third-order valence-corrected chi connectivity index (χ3v) is 4.48. The van der Waals surface area contributed by atoms with Crippen LogP contribution in [0.15, 0.2) is 21.9 Å². The summed E-state index contributed by atoms with van der Waals surface area (Å²) >= 11 is 1.17. The third-order valence-electron chi connectivity index (χ3n) is 3.54. The first-order chi connectivity index (χ1) is 13.7. The van der Waals surface area contributed by atoms with Gasteiger partial charge in [-0.2, -0.15) is 0 Å². The highest BCUT2D eigenvalue weighted by Gasteiger charge is 2.23. The second-order valence-corrected chi connectivity index (χ2v) is 7.18. The lowest BCUT2D eigenvalue weighted by Crippen LogP contribution is -2.21. The first kappa shape index (κ1) is 22.1. The molecule has 2 aromatic rings. The van der Waals surface area contributed by atoms with Crippen molar-refractivity contribution in [2.45, 2.75) is 27.2 Å². The Balaban J connectivity index is 2.03. The number of ether oxygens (including phenoxy) is 2. The Labute approximate surface area is 169 Å². The molecule has 1 amide bonds. The Morgan fingerprint density at radius 2 is 1.97 bits per heavy atom. The number of nitro groups is 1. The van der Waals surface area contributed by atoms with Gasteiger partial charge in [0.25, 0.3) is 5.91 Å². The van der Waals surface area contributed by atoms with Crippen molar-refractivity contribution in [3.05, 3.63) is 44.5 Å². The van der Waals surface area contributed by atoms with Crippen molar-refractivity contribution in [3.63, 3.8) is 0 Å². The van der Waals surface area contributed by atoms with Crippen LogP contribution in [0, 0.1) is 16.0 Å². The lowest BCUT2D eigenvalue weighted by atomic mass is 10.0. The van der Waals surface area contributed by atoms with Crippen LogP contribution in [0.1, 0.15) is 47.2 Å². The minimum Gasteiger partial charge on any atom is -0.462 e.